The molecule has 0 aliphatic heterocycles. The van der Waals surface area contributed by atoms with E-state index in [-0.39, 0.29) is 18.0 Å². The highest BCUT2D eigenvalue weighted by Gasteiger charge is 2.31. The lowest BCUT2D eigenvalue weighted by atomic mass is 9.96. The summed E-state index contributed by atoms with van der Waals surface area (Å²) in [6, 6.07) is 4.11. The topological polar surface area (TPSA) is 32.3 Å². The van der Waals surface area contributed by atoms with Crippen LogP contribution in [0.2, 0.25) is 0 Å². The summed E-state index contributed by atoms with van der Waals surface area (Å²) in [5.74, 6) is -0.0110. The van der Waals surface area contributed by atoms with Crippen molar-refractivity contribution in [3.8, 4) is 0 Å². The van der Waals surface area contributed by atoms with Gasteiger partial charge in [-0.3, -0.25) is 0 Å². The van der Waals surface area contributed by atoms with Crippen molar-refractivity contribution < 1.29 is 13.9 Å². The van der Waals surface area contributed by atoms with Crippen LogP contribution >= 0.6 is 11.8 Å². The predicted molar refractivity (Wildman–Crippen MR) is 82.6 cm³/mol. The Balaban J connectivity index is 1.68. The Kier molecular flexibility index (Phi) is 6.02. The average Bonchev–Trinajstić information content (AvgIpc) is 3.26. The molecule has 2 rings (SSSR count). The molecule has 0 spiro atoms. The highest BCUT2D eigenvalue weighted by atomic mass is 32.2. The second kappa shape index (κ2) is 7.56. The zero-order chi connectivity index (χ0) is 15.3. The van der Waals surface area contributed by atoms with Gasteiger partial charge >= 0.3 is 0 Å². The van der Waals surface area contributed by atoms with Crippen LogP contribution < -0.4 is 5.32 Å². The van der Waals surface area contributed by atoms with E-state index >= 15 is 0 Å². The first-order chi connectivity index (χ1) is 10.0. The fourth-order valence-corrected chi connectivity index (χ4v) is 3.27. The van der Waals surface area contributed by atoms with Crippen LogP contribution in [0.4, 0.5) is 8.78 Å². The Morgan fingerprint density at radius 2 is 2.10 bits per heavy atom. The Morgan fingerprint density at radius 3 is 2.76 bits per heavy atom. The van der Waals surface area contributed by atoms with Crippen molar-refractivity contribution in [2.24, 2.45) is 0 Å². The minimum atomic E-state index is -0.402. The molecular formula is C16H23F2NOS. The lowest BCUT2D eigenvalue weighted by Gasteiger charge is -2.29. The monoisotopic (exact) mass is 315 g/mol. The second-order valence-corrected chi connectivity index (χ2v) is 7.15. The first kappa shape index (κ1) is 16.7. The Morgan fingerprint density at radius 1 is 1.33 bits per heavy atom. The maximum Gasteiger partial charge on any atom is 0.136 e. The minimum Gasteiger partial charge on any atom is -0.394 e. The quantitative estimate of drug-likeness (QED) is 0.538. The number of unbranched alkanes of at least 4 members (excludes halogenated alkanes) is 1. The van der Waals surface area contributed by atoms with Gasteiger partial charge in [-0.1, -0.05) is 6.42 Å². The molecule has 2 nitrogen and oxygen atoms in total. The summed E-state index contributed by atoms with van der Waals surface area (Å²) >= 11 is 1.35. The number of aliphatic hydroxyl groups excluding tert-OH is 1. The summed E-state index contributed by atoms with van der Waals surface area (Å²) in [7, 11) is 0. The number of thioether (sulfide) groups is 1. The number of halogens is 2. The number of rotatable bonds is 9. The lowest BCUT2D eigenvalue weighted by Crippen LogP contribution is -2.46. The van der Waals surface area contributed by atoms with E-state index in [0.717, 1.165) is 31.1 Å². The number of hydrogen-bond acceptors (Lipinski definition) is 3. The number of nitrogens with one attached hydrogen (secondary N) is 1. The molecule has 0 radical (unpaired) electrons. The largest absolute Gasteiger partial charge is 0.394 e. The van der Waals surface area contributed by atoms with Gasteiger partial charge in [0.1, 0.15) is 11.6 Å². The van der Waals surface area contributed by atoms with Gasteiger partial charge in [0.15, 0.2) is 0 Å². The van der Waals surface area contributed by atoms with Gasteiger partial charge in [-0.2, -0.15) is 0 Å². The van der Waals surface area contributed by atoms with Crippen molar-refractivity contribution in [2.45, 2.75) is 55.5 Å². The minimum absolute atomic E-state index is 0.134. The third-order valence-corrected chi connectivity index (χ3v) is 4.87. The normalized spacial score (nSPS) is 17.7. The van der Waals surface area contributed by atoms with Gasteiger partial charge in [-0.25, -0.2) is 8.78 Å². The average molecular weight is 315 g/mol. The fourth-order valence-electron chi connectivity index (χ4n) is 2.30. The maximum atomic E-state index is 13.4. The summed E-state index contributed by atoms with van der Waals surface area (Å²) in [5.41, 5.74) is -0.212. The van der Waals surface area contributed by atoms with E-state index in [1.54, 1.807) is 0 Å². The highest BCUT2D eigenvalue weighted by molar-refractivity contribution is 7.99. The van der Waals surface area contributed by atoms with Crippen molar-refractivity contribution in [3.63, 3.8) is 0 Å². The standard InChI is InChI=1S/C16H23F2NOS/c1-16(11-20,19-13-5-6-13)8-2-3-9-21-15-10-12(17)4-7-14(15)18/h4,7,10,13,19-20H,2-3,5-6,8-9,11H2,1H3. The molecule has 1 atom stereocenters. The van der Waals surface area contributed by atoms with Gasteiger partial charge in [0, 0.05) is 16.5 Å². The molecule has 1 aromatic rings. The van der Waals surface area contributed by atoms with Gasteiger partial charge < -0.3 is 10.4 Å². The van der Waals surface area contributed by atoms with E-state index in [4.69, 9.17) is 0 Å². The van der Waals surface area contributed by atoms with Crippen molar-refractivity contribution in [1.82, 2.24) is 5.32 Å². The van der Waals surface area contributed by atoms with Crippen LogP contribution in [-0.4, -0.2) is 29.0 Å². The van der Waals surface area contributed by atoms with Crippen molar-refractivity contribution in [3.05, 3.63) is 29.8 Å². The van der Waals surface area contributed by atoms with Crippen LogP contribution in [0.5, 0.6) is 0 Å². The summed E-state index contributed by atoms with van der Waals surface area (Å²) in [4.78, 5) is 0.371. The summed E-state index contributed by atoms with van der Waals surface area (Å²) in [5, 5.41) is 13.0. The second-order valence-electron chi connectivity index (χ2n) is 6.02. The van der Waals surface area contributed by atoms with Gasteiger partial charge in [0.05, 0.1) is 6.61 Å². The molecule has 0 aromatic heterocycles. The van der Waals surface area contributed by atoms with Crippen LogP contribution in [0.1, 0.15) is 39.0 Å². The molecule has 0 heterocycles. The first-order valence-electron chi connectivity index (χ1n) is 7.49. The first-order valence-corrected chi connectivity index (χ1v) is 8.47. The molecule has 1 aliphatic carbocycles. The van der Waals surface area contributed by atoms with E-state index in [9.17, 15) is 13.9 Å². The molecule has 1 aliphatic rings. The summed E-state index contributed by atoms with van der Waals surface area (Å²) in [6.45, 7) is 2.18. The van der Waals surface area contributed by atoms with Crippen LogP contribution in [0.15, 0.2) is 23.1 Å². The van der Waals surface area contributed by atoms with Crippen LogP contribution in [0.25, 0.3) is 0 Å². The predicted octanol–water partition coefficient (Wildman–Crippen LogP) is 3.73. The maximum absolute atomic E-state index is 13.4. The summed E-state index contributed by atoms with van der Waals surface area (Å²) in [6.07, 6.45) is 5.17. The SMILES string of the molecule is CC(CO)(CCCCSc1cc(F)ccc1F)NC1CC1. The van der Waals surface area contributed by atoms with Gasteiger partial charge in [-0.05, 0) is 56.6 Å². The van der Waals surface area contributed by atoms with E-state index in [1.165, 1.54) is 36.7 Å². The fraction of sp³-hybridized carbons (Fsp3) is 0.625. The van der Waals surface area contributed by atoms with Crippen molar-refractivity contribution >= 4 is 11.8 Å². The Bertz CT molecular complexity index is 468. The zero-order valence-corrected chi connectivity index (χ0v) is 13.2. The third kappa shape index (κ3) is 5.57. The highest BCUT2D eigenvalue weighted by Crippen LogP contribution is 2.27. The van der Waals surface area contributed by atoms with Crippen molar-refractivity contribution in [2.75, 3.05) is 12.4 Å². The molecule has 1 saturated carbocycles. The molecular weight excluding hydrogens is 292 g/mol. The van der Waals surface area contributed by atoms with E-state index < -0.39 is 5.82 Å². The van der Waals surface area contributed by atoms with E-state index in [2.05, 4.69) is 5.32 Å². The Labute approximate surface area is 129 Å². The zero-order valence-electron chi connectivity index (χ0n) is 12.4. The molecule has 1 unspecified atom stereocenters. The van der Waals surface area contributed by atoms with Crippen molar-refractivity contribution in [1.29, 1.82) is 0 Å². The van der Waals surface area contributed by atoms with Gasteiger partial charge in [0.2, 0.25) is 0 Å². The number of aliphatic hydroxyl groups is 1. The van der Waals surface area contributed by atoms with Gasteiger partial charge in [0.25, 0.3) is 0 Å². The van der Waals surface area contributed by atoms with E-state index in [0.29, 0.717) is 10.9 Å². The van der Waals surface area contributed by atoms with E-state index in [1.807, 2.05) is 6.92 Å². The van der Waals surface area contributed by atoms with Crippen LogP contribution in [0, 0.1) is 11.6 Å². The molecule has 2 N–H and O–H groups in total. The smallest absolute Gasteiger partial charge is 0.136 e. The molecule has 21 heavy (non-hydrogen) atoms. The number of hydrogen-bond donors (Lipinski definition) is 2. The van der Waals surface area contributed by atoms with Crippen LogP contribution in [0.3, 0.4) is 0 Å². The molecule has 0 amide bonds. The molecule has 1 fully saturated rings. The van der Waals surface area contributed by atoms with Gasteiger partial charge in [-0.15, -0.1) is 11.8 Å². The molecule has 118 valence electrons. The Hall–Kier alpha value is -0.650. The molecule has 0 saturated heterocycles. The van der Waals surface area contributed by atoms with Crippen LogP contribution in [-0.2, 0) is 0 Å². The molecule has 1 aromatic carbocycles. The lowest BCUT2D eigenvalue weighted by molar-refractivity contribution is 0.161. The summed E-state index contributed by atoms with van der Waals surface area (Å²) < 4.78 is 26.5. The third-order valence-electron chi connectivity index (χ3n) is 3.75. The molecule has 5 heteroatoms. The molecule has 0 bridgehead atoms. The number of benzene rings is 1.